The third kappa shape index (κ3) is 2.92. The summed E-state index contributed by atoms with van der Waals surface area (Å²) in [6, 6.07) is 7.90. The van der Waals surface area contributed by atoms with Gasteiger partial charge < -0.3 is 4.74 Å². The smallest absolute Gasteiger partial charge is 0.137 e. The molecular formula is C16H19NO. The summed E-state index contributed by atoms with van der Waals surface area (Å²) < 4.78 is 5.86. The first-order valence-corrected chi connectivity index (χ1v) is 6.49. The molecule has 2 rings (SSSR count). The lowest BCUT2D eigenvalue weighted by atomic mass is 9.85. The van der Waals surface area contributed by atoms with Gasteiger partial charge >= 0.3 is 0 Å². The minimum atomic E-state index is 0.557. The van der Waals surface area contributed by atoms with E-state index in [2.05, 4.69) is 25.1 Å². The topological polar surface area (TPSA) is 33.0 Å². The van der Waals surface area contributed by atoms with E-state index in [0.717, 1.165) is 24.2 Å². The molecule has 1 aromatic carbocycles. The fourth-order valence-electron chi connectivity index (χ4n) is 2.28. The van der Waals surface area contributed by atoms with Crippen molar-refractivity contribution in [3.8, 4) is 11.8 Å². The lowest BCUT2D eigenvalue weighted by Gasteiger charge is -2.25. The van der Waals surface area contributed by atoms with Crippen molar-refractivity contribution in [2.24, 2.45) is 11.8 Å². The van der Waals surface area contributed by atoms with Crippen LogP contribution in [0.3, 0.4) is 0 Å². The van der Waals surface area contributed by atoms with E-state index in [4.69, 9.17) is 10.00 Å². The lowest BCUT2D eigenvalue weighted by Crippen LogP contribution is -2.21. The van der Waals surface area contributed by atoms with Crippen LogP contribution in [0.1, 0.15) is 30.9 Å². The van der Waals surface area contributed by atoms with Crippen molar-refractivity contribution < 1.29 is 4.74 Å². The Morgan fingerprint density at radius 2 is 2.11 bits per heavy atom. The van der Waals surface area contributed by atoms with Crippen LogP contribution in [0.4, 0.5) is 0 Å². The molecule has 2 nitrogen and oxygen atoms in total. The van der Waals surface area contributed by atoms with E-state index in [1.165, 1.54) is 0 Å². The summed E-state index contributed by atoms with van der Waals surface area (Å²) in [5.41, 5.74) is 1.75. The van der Waals surface area contributed by atoms with E-state index in [0.29, 0.717) is 24.0 Å². The number of benzene rings is 1. The van der Waals surface area contributed by atoms with Crippen molar-refractivity contribution in [1.82, 2.24) is 0 Å². The molecule has 2 unspecified atom stereocenters. The van der Waals surface area contributed by atoms with Gasteiger partial charge in [0.15, 0.2) is 0 Å². The third-order valence-electron chi connectivity index (χ3n) is 3.63. The second-order valence-corrected chi connectivity index (χ2v) is 5.10. The summed E-state index contributed by atoms with van der Waals surface area (Å²) in [7, 11) is 0. The fraction of sp³-hybridized carbons (Fsp3) is 0.438. The first-order chi connectivity index (χ1) is 8.70. The van der Waals surface area contributed by atoms with Gasteiger partial charge in [0.05, 0.1) is 12.2 Å². The van der Waals surface area contributed by atoms with E-state index in [-0.39, 0.29) is 0 Å². The molecule has 0 radical (unpaired) electrons. The number of nitriles is 1. The Kier molecular flexibility index (Phi) is 4.04. The largest absolute Gasteiger partial charge is 0.492 e. The Labute approximate surface area is 109 Å². The van der Waals surface area contributed by atoms with Crippen molar-refractivity contribution in [3.05, 3.63) is 41.5 Å². The highest BCUT2D eigenvalue weighted by Crippen LogP contribution is 2.27. The van der Waals surface area contributed by atoms with Gasteiger partial charge in [0.1, 0.15) is 11.8 Å². The molecule has 0 spiro atoms. The van der Waals surface area contributed by atoms with Crippen LogP contribution in [0.25, 0.3) is 0 Å². The molecule has 0 bridgehead atoms. The van der Waals surface area contributed by atoms with E-state index in [1.807, 2.05) is 25.1 Å². The number of allylic oxidation sites excluding steroid dienone is 2. The number of aryl methyl sites for hydroxylation is 1. The molecule has 0 heterocycles. The molecular weight excluding hydrogens is 222 g/mol. The van der Waals surface area contributed by atoms with E-state index in [9.17, 15) is 0 Å². The maximum Gasteiger partial charge on any atom is 0.137 e. The van der Waals surface area contributed by atoms with E-state index in [1.54, 1.807) is 0 Å². The lowest BCUT2D eigenvalue weighted by molar-refractivity contribution is 0.198. The predicted octanol–water partition coefficient (Wildman–Crippen LogP) is 3.85. The van der Waals surface area contributed by atoms with Gasteiger partial charge in [0.25, 0.3) is 0 Å². The molecule has 0 N–H and O–H groups in total. The number of ether oxygens (including phenoxy) is 1. The molecule has 0 amide bonds. The third-order valence-corrected chi connectivity index (χ3v) is 3.63. The first kappa shape index (κ1) is 12.7. The monoisotopic (exact) mass is 241 g/mol. The van der Waals surface area contributed by atoms with Gasteiger partial charge in [0.2, 0.25) is 0 Å². The SMILES string of the molecule is Cc1ccc(C#N)c(OCC2CC=CCC2C)c1. The van der Waals surface area contributed by atoms with Gasteiger partial charge in [-0.05, 0) is 49.3 Å². The molecule has 0 saturated heterocycles. The van der Waals surface area contributed by atoms with Crippen LogP contribution < -0.4 is 4.74 Å². The molecule has 2 heteroatoms. The Hall–Kier alpha value is -1.75. The average molecular weight is 241 g/mol. The summed E-state index contributed by atoms with van der Waals surface area (Å²) in [5.74, 6) is 1.94. The zero-order valence-corrected chi connectivity index (χ0v) is 11.0. The molecule has 1 aliphatic carbocycles. The number of hydrogen-bond acceptors (Lipinski definition) is 2. The summed E-state index contributed by atoms with van der Waals surface area (Å²) >= 11 is 0. The number of hydrogen-bond donors (Lipinski definition) is 0. The molecule has 94 valence electrons. The molecule has 0 fully saturated rings. The highest BCUT2D eigenvalue weighted by molar-refractivity contribution is 5.45. The molecule has 0 aromatic heterocycles. The van der Waals surface area contributed by atoms with Crippen molar-refractivity contribution in [2.75, 3.05) is 6.61 Å². The minimum Gasteiger partial charge on any atom is -0.492 e. The molecule has 0 aliphatic heterocycles. The molecule has 1 aromatic rings. The van der Waals surface area contributed by atoms with Gasteiger partial charge in [-0.1, -0.05) is 25.1 Å². The van der Waals surface area contributed by atoms with Crippen LogP contribution in [0, 0.1) is 30.1 Å². The molecule has 2 atom stereocenters. The summed E-state index contributed by atoms with van der Waals surface area (Å²) in [5, 5.41) is 9.06. The second-order valence-electron chi connectivity index (χ2n) is 5.10. The number of nitrogens with zero attached hydrogens (tertiary/aromatic N) is 1. The van der Waals surface area contributed by atoms with Crippen LogP contribution in [0.5, 0.6) is 5.75 Å². The van der Waals surface area contributed by atoms with Crippen LogP contribution in [0.15, 0.2) is 30.4 Å². The zero-order chi connectivity index (χ0) is 13.0. The molecule has 18 heavy (non-hydrogen) atoms. The summed E-state index contributed by atoms with van der Waals surface area (Å²) in [6.45, 7) is 4.97. The average Bonchev–Trinajstić information content (AvgIpc) is 2.38. The summed E-state index contributed by atoms with van der Waals surface area (Å²) in [4.78, 5) is 0. The van der Waals surface area contributed by atoms with E-state index >= 15 is 0 Å². The van der Waals surface area contributed by atoms with Crippen molar-refractivity contribution in [1.29, 1.82) is 5.26 Å². The first-order valence-electron chi connectivity index (χ1n) is 6.49. The Bertz CT molecular complexity index is 484. The Balaban J connectivity index is 2.04. The maximum atomic E-state index is 9.06. The Morgan fingerprint density at radius 1 is 1.33 bits per heavy atom. The highest BCUT2D eigenvalue weighted by atomic mass is 16.5. The summed E-state index contributed by atoms with van der Waals surface area (Å²) in [6.07, 6.45) is 6.69. The van der Waals surface area contributed by atoms with Crippen molar-refractivity contribution in [3.63, 3.8) is 0 Å². The Morgan fingerprint density at radius 3 is 2.83 bits per heavy atom. The highest BCUT2D eigenvalue weighted by Gasteiger charge is 2.19. The quantitative estimate of drug-likeness (QED) is 0.753. The standard InChI is InChI=1S/C16H19NO/c1-12-7-8-14(10-17)16(9-12)18-11-15-6-4-3-5-13(15)2/h3-4,7-9,13,15H,5-6,11H2,1-2H3. The number of rotatable bonds is 3. The van der Waals surface area contributed by atoms with E-state index < -0.39 is 0 Å². The van der Waals surface area contributed by atoms with Gasteiger partial charge in [-0.3, -0.25) is 0 Å². The van der Waals surface area contributed by atoms with Crippen LogP contribution in [-0.4, -0.2) is 6.61 Å². The van der Waals surface area contributed by atoms with Gasteiger partial charge in [-0.2, -0.15) is 5.26 Å². The maximum absolute atomic E-state index is 9.06. The zero-order valence-electron chi connectivity index (χ0n) is 11.0. The molecule has 1 aliphatic rings. The van der Waals surface area contributed by atoms with Gasteiger partial charge in [-0.15, -0.1) is 0 Å². The van der Waals surface area contributed by atoms with Gasteiger partial charge in [0, 0.05) is 0 Å². The van der Waals surface area contributed by atoms with Crippen molar-refractivity contribution >= 4 is 0 Å². The fourth-order valence-corrected chi connectivity index (χ4v) is 2.28. The van der Waals surface area contributed by atoms with Crippen LogP contribution in [-0.2, 0) is 0 Å². The van der Waals surface area contributed by atoms with Crippen LogP contribution in [0.2, 0.25) is 0 Å². The minimum absolute atomic E-state index is 0.557. The second kappa shape index (κ2) is 5.73. The predicted molar refractivity (Wildman–Crippen MR) is 72.4 cm³/mol. The van der Waals surface area contributed by atoms with Crippen LogP contribution >= 0.6 is 0 Å². The van der Waals surface area contributed by atoms with Gasteiger partial charge in [-0.25, -0.2) is 0 Å². The molecule has 0 saturated carbocycles. The van der Waals surface area contributed by atoms with Crippen molar-refractivity contribution in [2.45, 2.75) is 26.7 Å². The normalized spacial score (nSPS) is 22.5.